The average molecular weight is 295 g/mol. The molecule has 1 amide bonds. The molecule has 0 saturated carbocycles. The largest absolute Gasteiger partial charge is 0.480 e. The summed E-state index contributed by atoms with van der Waals surface area (Å²) in [5.74, 6) is -1.69. The van der Waals surface area contributed by atoms with Gasteiger partial charge in [-0.15, -0.1) is 0 Å². The SMILES string of the molecule is CC(C)[C@@H](NC(=O)c1cc2ccc(Cl)cc2[nH]1)C(=O)O. The van der Waals surface area contributed by atoms with Crippen molar-refractivity contribution < 1.29 is 14.7 Å². The van der Waals surface area contributed by atoms with Crippen molar-refractivity contribution in [2.75, 3.05) is 0 Å². The van der Waals surface area contributed by atoms with Crippen LogP contribution in [0.3, 0.4) is 0 Å². The standard InChI is InChI=1S/C14H15ClN2O3/c1-7(2)12(14(19)20)17-13(18)11-5-8-3-4-9(15)6-10(8)16-11/h3-7,12,16H,1-2H3,(H,17,18)(H,19,20)/t12-/m1/s1. The number of benzene rings is 1. The molecule has 0 radical (unpaired) electrons. The molecule has 1 heterocycles. The summed E-state index contributed by atoms with van der Waals surface area (Å²) >= 11 is 5.88. The normalized spacial score (nSPS) is 12.6. The van der Waals surface area contributed by atoms with Crippen molar-refractivity contribution >= 4 is 34.4 Å². The van der Waals surface area contributed by atoms with Crippen molar-refractivity contribution in [3.63, 3.8) is 0 Å². The quantitative estimate of drug-likeness (QED) is 0.811. The summed E-state index contributed by atoms with van der Waals surface area (Å²) in [4.78, 5) is 26.1. The van der Waals surface area contributed by atoms with Crippen LogP contribution in [0.2, 0.25) is 5.02 Å². The summed E-state index contributed by atoms with van der Waals surface area (Å²) in [5.41, 5.74) is 1.05. The van der Waals surface area contributed by atoms with Crippen molar-refractivity contribution in [1.29, 1.82) is 0 Å². The second-order valence-corrected chi connectivity index (χ2v) is 5.38. The highest BCUT2D eigenvalue weighted by Gasteiger charge is 2.24. The first kappa shape index (κ1) is 14.4. The van der Waals surface area contributed by atoms with Crippen molar-refractivity contribution in [3.8, 4) is 0 Å². The Morgan fingerprint density at radius 3 is 2.60 bits per heavy atom. The Kier molecular flexibility index (Phi) is 3.99. The van der Waals surface area contributed by atoms with E-state index in [0.717, 1.165) is 10.9 Å². The summed E-state index contributed by atoms with van der Waals surface area (Å²) in [6.07, 6.45) is 0. The number of hydrogen-bond acceptors (Lipinski definition) is 2. The minimum absolute atomic E-state index is 0.199. The van der Waals surface area contributed by atoms with Crippen molar-refractivity contribution in [1.82, 2.24) is 10.3 Å². The van der Waals surface area contributed by atoms with E-state index in [-0.39, 0.29) is 5.92 Å². The lowest BCUT2D eigenvalue weighted by molar-refractivity contribution is -0.140. The zero-order chi connectivity index (χ0) is 14.9. The molecule has 1 aromatic carbocycles. The van der Waals surface area contributed by atoms with Gasteiger partial charge in [-0.25, -0.2) is 4.79 Å². The van der Waals surface area contributed by atoms with Crippen molar-refractivity contribution in [2.24, 2.45) is 5.92 Å². The molecule has 0 unspecified atom stereocenters. The first-order valence-electron chi connectivity index (χ1n) is 6.20. The zero-order valence-electron chi connectivity index (χ0n) is 11.1. The number of halogens is 1. The number of carbonyl (C=O) groups excluding carboxylic acids is 1. The molecule has 0 spiro atoms. The summed E-state index contributed by atoms with van der Waals surface area (Å²) in [6.45, 7) is 3.48. The van der Waals surface area contributed by atoms with E-state index in [9.17, 15) is 9.59 Å². The van der Waals surface area contributed by atoms with Gasteiger partial charge in [-0.05, 0) is 24.1 Å². The molecule has 5 nitrogen and oxygen atoms in total. The van der Waals surface area contributed by atoms with Gasteiger partial charge in [0.2, 0.25) is 0 Å². The number of amides is 1. The first-order chi connectivity index (χ1) is 9.38. The molecular weight excluding hydrogens is 280 g/mol. The van der Waals surface area contributed by atoms with Crippen LogP contribution in [0.15, 0.2) is 24.3 Å². The van der Waals surface area contributed by atoms with Gasteiger partial charge >= 0.3 is 5.97 Å². The summed E-state index contributed by atoms with van der Waals surface area (Å²) in [5, 5.41) is 13.0. The van der Waals surface area contributed by atoms with Gasteiger partial charge in [-0.3, -0.25) is 4.79 Å². The Morgan fingerprint density at radius 2 is 2.00 bits per heavy atom. The number of carboxylic acid groups (broad SMARTS) is 1. The lowest BCUT2D eigenvalue weighted by Gasteiger charge is -2.17. The van der Waals surface area contributed by atoms with Crippen LogP contribution in [-0.4, -0.2) is 28.0 Å². The number of fused-ring (bicyclic) bond motifs is 1. The first-order valence-corrected chi connectivity index (χ1v) is 6.58. The van der Waals surface area contributed by atoms with Crippen LogP contribution in [0, 0.1) is 5.92 Å². The van der Waals surface area contributed by atoms with Gasteiger partial charge in [0.1, 0.15) is 11.7 Å². The van der Waals surface area contributed by atoms with Crippen LogP contribution in [0.1, 0.15) is 24.3 Å². The average Bonchev–Trinajstić information content (AvgIpc) is 2.77. The smallest absolute Gasteiger partial charge is 0.326 e. The lowest BCUT2D eigenvalue weighted by atomic mass is 10.0. The van der Waals surface area contributed by atoms with Crippen molar-refractivity contribution in [3.05, 3.63) is 35.0 Å². The van der Waals surface area contributed by atoms with Gasteiger partial charge in [0.05, 0.1) is 0 Å². The molecule has 106 valence electrons. The second-order valence-electron chi connectivity index (χ2n) is 4.95. The fourth-order valence-electron chi connectivity index (χ4n) is 1.95. The second kappa shape index (κ2) is 5.54. The van der Waals surface area contributed by atoms with E-state index in [2.05, 4.69) is 10.3 Å². The highest BCUT2D eigenvalue weighted by molar-refractivity contribution is 6.31. The molecule has 0 aliphatic carbocycles. The fourth-order valence-corrected chi connectivity index (χ4v) is 2.13. The monoisotopic (exact) mass is 294 g/mol. The maximum absolute atomic E-state index is 12.1. The lowest BCUT2D eigenvalue weighted by Crippen LogP contribution is -2.44. The molecule has 20 heavy (non-hydrogen) atoms. The van der Waals surface area contributed by atoms with Gasteiger partial charge < -0.3 is 15.4 Å². The number of carbonyl (C=O) groups is 2. The number of rotatable bonds is 4. The molecule has 1 aromatic heterocycles. The molecule has 6 heteroatoms. The van der Waals surface area contributed by atoms with E-state index in [1.165, 1.54) is 0 Å². The van der Waals surface area contributed by atoms with Gasteiger partial charge in [0.25, 0.3) is 5.91 Å². The van der Waals surface area contributed by atoms with Crippen LogP contribution >= 0.6 is 11.6 Å². The topological polar surface area (TPSA) is 82.2 Å². The molecular formula is C14H15ClN2O3. The maximum atomic E-state index is 12.1. The number of aromatic nitrogens is 1. The number of hydrogen-bond donors (Lipinski definition) is 3. The highest BCUT2D eigenvalue weighted by Crippen LogP contribution is 2.20. The van der Waals surface area contributed by atoms with E-state index in [1.54, 1.807) is 38.1 Å². The summed E-state index contributed by atoms with van der Waals surface area (Å²) < 4.78 is 0. The Bertz CT molecular complexity index is 663. The molecule has 0 fully saturated rings. The number of aliphatic carboxylic acids is 1. The van der Waals surface area contributed by atoms with Crippen LogP contribution in [-0.2, 0) is 4.79 Å². The third-order valence-corrected chi connectivity index (χ3v) is 3.28. The van der Waals surface area contributed by atoms with Gasteiger partial charge in [0, 0.05) is 15.9 Å². The molecule has 0 aliphatic rings. The number of H-pyrrole nitrogens is 1. The Labute approximate surface area is 120 Å². The number of aromatic amines is 1. The van der Waals surface area contributed by atoms with E-state index >= 15 is 0 Å². The van der Waals surface area contributed by atoms with E-state index in [1.807, 2.05) is 0 Å². The third kappa shape index (κ3) is 2.93. The molecule has 0 aliphatic heterocycles. The Hall–Kier alpha value is -2.01. The molecule has 0 saturated heterocycles. The van der Waals surface area contributed by atoms with Gasteiger partial charge in [-0.1, -0.05) is 31.5 Å². The highest BCUT2D eigenvalue weighted by atomic mass is 35.5. The molecule has 0 bridgehead atoms. The predicted molar refractivity (Wildman–Crippen MR) is 77.0 cm³/mol. The molecule has 1 atom stereocenters. The van der Waals surface area contributed by atoms with E-state index in [4.69, 9.17) is 16.7 Å². The van der Waals surface area contributed by atoms with Crippen LogP contribution in [0.5, 0.6) is 0 Å². The van der Waals surface area contributed by atoms with Crippen LogP contribution < -0.4 is 5.32 Å². The summed E-state index contributed by atoms with van der Waals surface area (Å²) in [7, 11) is 0. The summed E-state index contributed by atoms with van der Waals surface area (Å²) in [6, 6.07) is 5.98. The minimum Gasteiger partial charge on any atom is -0.480 e. The van der Waals surface area contributed by atoms with Crippen molar-refractivity contribution in [2.45, 2.75) is 19.9 Å². The molecule has 2 aromatic rings. The van der Waals surface area contributed by atoms with E-state index in [0.29, 0.717) is 10.7 Å². The predicted octanol–water partition coefficient (Wildman–Crippen LogP) is 2.66. The van der Waals surface area contributed by atoms with Crippen LogP contribution in [0.4, 0.5) is 0 Å². The molecule has 2 rings (SSSR count). The number of carboxylic acids is 1. The van der Waals surface area contributed by atoms with E-state index < -0.39 is 17.9 Å². The Balaban J connectivity index is 2.25. The minimum atomic E-state index is -1.05. The maximum Gasteiger partial charge on any atom is 0.326 e. The third-order valence-electron chi connectivity index (χ3n) is 3.05. The number of nitrogens with one attached hydrogen (secondary N) is 2. The molecule has 3 N–H and O–H groups in total. The van der Waals surface area contributed by atoms with Gasteiger partial charge in [0.15, 0.2) is 0 Å². The van der Waals surface area contributed by atoms with Crippen LogP contribution in [0.25, 0.3) is 10.9 Å². The Morgan fingerprint density at radius 1 is 1.30 bits per heavy atom. The van der Waals surface area contributed by atoms with Gasteiger partial charge in [-0.2, -0.15) is 0 Å². The zero-order valence-corrected chi connectivity index (χ0v) is 11.9. The fraction of sp³-hybridized carbons (Fsp3) is 0.286.